The number of nitrogens with one attached hydrogen (secondary N) is 1. The number of ether oxygens (including phenoxy) is 1. The zero-order chi connectivity index (χ0) is 30.8. The predicted molar refractivity (Wildman–Crippen MR) is 172 cm³/mol. The second-order valence-corrected chi connectivity index (χ2v) is 11.9. The molecule has 12 heteroatoms. The monoisotopic (exact) mass is 606 g/mol. The maximum Gasteiger partial charge on any atom is 0.246 e. The first-order chi connectivity index (χ1) is 22.0. The Bertz CT molecular complexity index is 1830. The standard InChI is InChI=1S/C33H38N10O2/c1-24-20-26(5-6-29(24)45-27-9-14-42-30(21-27)34-22-36-42)38-33-32-28(10-15-43(32)37-23-35-33)25-7-12-41(13-8-25)31(44)4-3-11-40-18-16-39(2)17-19-40/h3-6,9-10,14-15,20-23,25H,7-8,11-13,16-19H2,1-2H3,(H,35,37,38)/b4-3+. The number of carbonyl (C=O) groups is 1. The van der Waals surface area contributed by atoms with E-state index >= 15 is 0 Å². The van der Waals surface area contributed by atoms with E-state index in [1.807, 2.05) is 65.1 Å². The van der Waals surface area contributed by atoms with Gasteiger partial charge in [-0.05, 0) is 74.2 Å². The van der Waals surface area contributed by atoms with E-state index in [0.717, 1.165) is 92.6 Å². The van der Waals surface area contributed by atoms with Crippen molar-refractivity contribution in [2.45, 2.75) is 25.7 Å². The maximum atomic E-state index is 12.9. The lowest BCUT2D eigenvalue weighted by atomic mass is 9.90. The van der Waals surface area contributed by atoms with E-state index in [2.05, 4.69) is 48.4 Å². The van der Waals surface area contributed by atoms with Gasteiger partial charge in [0, 0.05) is 76.0 Å². The van der Waals surface area contributed by atoms with Crippen LogP contribution in [-0.2, 0) is 4.79 Å². The first-order valence-electron chi connectivity index (χ1n) is 15.5. The topological polar surface area (TPSA) is 108 Å². The molecule has 0 atom stereocenters. The van der Waals surface area contributed by atoms with E-state index in [0.29, 0.717) is 11.7 Å². The number of piperazine rings is 1. The van der Waals surface area contributed by atoms with Crippen molar-refractivity contribution >= 4 is 28.6 Å². The molecule has 2 aliphatic rings. The molecular weight excluding hydrogens is 568 g/mol. The van der Waals surface area contributed by atoms with Gasteiger partial charge in [0.15, 0.2) is 11.5 Å². The highest BCUT2D eigenvalue weighted by Gasteiger charge is 2.26. The zero-order valence-electron chi connectivity index (χ0n) is 25.7. The van der Waals surface area contributed by atoms with Gasteiger partial charge in [-0.2, -0.15) is 10.2 Å². The van der Waals surface area contributed by atoms with Gasteiger partial charge in [-0.1, -0.05) is 6.08 Å². The molecule has 2 fully saturated rings. The van der Waals surface area contributed by atoms with Gasteiger partial charge in [0.25, 0.3) is 0 Å². The molecule has 0 aliphatic carbocycles. The minimum absolute atomic E-state index is 0.108. The molecule has 0 spiro atoms. The molecule has 5 aromatic rings. The molecule has 4 aromatic heterocycles. The summed E-state index contributed by atoms with van der Waals surface area (Å²) in [6, 6.07) is 11.9. The summed E-state index contributed by atoms with van der Waals surface area (Å²) in [5, 5.41) is 12.1. The Balaban J connectivity index is 0.997. The first-order valence-corrected chi connectivity index (χ1v) is 15.5. The van der Waals surface area contributed by atoms with Crippen LogP contribution in [-0.4, -0.2) is 103 Å². The number of fused-ring (bicyclic) bond motifs is 2. The minimum Gasteiger partial charge on any atom is -0.457 e. The summed E-state index contributed by atoms with van der Waals surface area (Å²) in [7, 11) is 2.15. The van der Waals surface area contributed by atoms with Crippen LogP contribution in [0.2, 0.25) is 0 Å². The fourth-order valence-corrected chi connectivity index (χ4v) is 6.21. The van der Waals surface area contributed by atoms with Crippen LogP contribution in [0.5, 0.6) is 11.5 Å². The SMILES string of the molecule is Cc1cc(Nc2ncnn3ccc(C4CCN(C(=O)/C=C/CN5CCN(C)CC5)CC4)c23)ccc1Oc1ccn2ncnc2c1. The normalized spacial score (nSPS) is 17.1. The van der Waals surface area contributed by atoms with Crippen molar-refractivity contribution in [3.05, 3.63) is 84.7 Å². The Morgan fingerprint density at radius 3 is 2.56 bits per heavy atom. The molecule has 0 radical (unpaired) electrons. The quantitative estimate of drug-likeness (QED) is 0.261. The molecule has 0 saturated carbocycles. The average molecular weight is 607 g/mol. The summed E-state index contributed by atoms with van der Waals surface area (Å²) < 4.78 is 9.73. The number of carbonyl (C=O) groups excluding carboxylic acids is 1. The van der Waals surface area contributed by atoms with E-state index in [4.69, 9.17) is 4.74 Å². The van der Waals surface area contributed by atoms with Crippen LogP contribution < -0.4 is 10.1 Å². The largest absolute Gasteiger partial charge is 0.457 e. The van der Waals surface area contributed by atoms with Gasteiger partial charge in [0.2, 0.25) is 5.91 Å². The van der Waals surface area contributed by atoms with Crippen LogP contribution in [0.15, 0.2) is 73.6 Å². The molecule has 0 unspecified atom stereocenters. The van der Waals surface area contributed by atoms with Gasteiger partial charge >= 0.3 is 0 Å². The third kappa shape index (κ3) is 6.38. The van der Waals surface area contributed by atoms with Gasteiger partial charge in [0.05, 0.1) is 0 Å². The van der Waals surface area contributed by atoms with Crippen molar-refractivity contribution in [2.75, 3.05) is 58.2 Å². The van der Waals surface area contributed by atoms with E-state index in [1.165, 1.54) is 11.9 Å². The van der Waals surface area contributed by atoms with Crippen molar-refractivity contribution in [3.8, 4) is 11.5 Å². The molecule has 1 N–H and O–H groups in total. The Labute approximate surface area is 261 Å². The number of likely N-dealkylation sites (N-methyl/N-ethyl adjacent to an activating group) is 1. The van der Waals surface area contributed by atoms with Crippen molar-refractivity contribution in [2.24, 2.45) is 0 Å². The number of hydrogen-bond donors (Lipinski definition) is 1. The molecule has 6 heterocycles. The van der Waals surface area contributed by atoms with Gasteiger partial charge in [0.1, 0.15) is 29.7 Å². The summed E-state index contributed by atoms with van der Waals surface area (Å²) >= 11 is 0. The second-order valence-electron chi connectivity index (χ2n) is 11.9. The number of aromatic nitrogens is 6. The van der Waals surface area contributed by atoms with E-state index in [1.54, 1.807) is 16.9 Å². The number of pyridine rings is 1. The van der Waals surface area contributed by atoms with Crippen LogP contribution in [0.3, 0.4) is 0 Å². The summed E-state index contributed by atoms with van der Waals surface area (Å²) in [5.41, 5.74) is 4.79. The van der Waals surface area contributed by atoms with Crippen molar-refractivity contribution in [1.82, 2.24) is 43.9 Å². The van der Waals surface area contributed by atoms with Crippen LogP contribution in [0.1, 0.15) is 29.9 Å². The lowest BCUT2D eigenvalue weighted by molar-refractivity contribution is -0.127. The number of benzene rings is 1. The summed E-state index contributed by atoms with van der Waals surface area (Å²) in [6.45, 7) is 8.58. The second kappa shape index (κ2) is 12.7. The Hall–Kier alpha value is -4.81. The molecule has 232 valence electrons. The molecule has 45 heavy (non-hydrogen) atoms. The number of anilines is 2. The highest BCUT2D eigenvalue weighted by Crippen LogP contribution is 2.35. The Morgan fingerprint density at radius 1 is 0.956 bits per heavy atom. The number of rotatable bonds is 8. The molecular formula is C33H38N10O2. The van der Waals surface area contributed by atoms with Crippen LogP contribution in [0.4, 0.5) is 11.5 Å². The molecule has 2 saturated heterocycles. The van der Waals surface area contributed by atoms with Gasteiger partial charge < -0.3 is 19.9 Å². The molecule has 12 nitrogen and oxygen atoms in total. The Morgan fingerprint density at radius 2 is 1.73 bits per heavy atom. The molecule has 1 amide bonds. The van der Waals surface area contributed by atoms with Gasteiger partial charge in [-0.25, -0.2) is 19.0 Å². The number of aryl methyl sites for hydroxylation is 1. The van der Waals surface area contributed by atoms with Crippen molar-refractivity contribution in [3.63, 3.8) is 0 Å². The molecule has 7 rings (SSSR count). The summed E-state index contributed by atoms with van der Waals surface area (Å²) in [5.74, 6) is 2.64. The predicted octanol–water partition coefficient (Wildman–Crippen LogP) is 4.13. The first kappa shape index (κ1) is 28.9. The number of nitrogens with zero attached hydrogens (tertiary/aromatic N) is 9. The summed E-state index contributed by atoms with van der Waals surface area (Å²) in [6.07, 6.45) is 12.5. The average Bonchev–Trinajstić information content (AvgIpc) is 3.71. The van der Waals surface area contributed by atoms with Gasteiger partial charge in [-0.15, -0.1) is 0 Å². The number of hydrogen-bond acceptors (Lipinski definition) is 9. The van der Waals surface area contributed by atoms with Crippen LogP contribution in [0.25, 0.3) is 11.2 Å². The lowest BCUT2D eigenvalue weighted by Crippen LogP contribution is -2.44. The third-order valence-corrected chi connectivity index (χ3v) is 8.87. The molecule has 2 aliphatic heterocycles. The van der Waals surface area contributed by atoms with Crippen molar-refractivity contribution in [1.29, 1.82) is 0 Å². The minimum atomic E-state index is 0.108. The third-order valence-electron chi connectivity index (χ3n) is 8.87. The van der Waals surface area contributed by atoms with E-state index in [-0.39, 0.29) is 5.91 Å². The van der Waals surface area contributed by atoms with E-state index in [9.17, 15) is 4.79 Å². The molecule has 1 aromatic carbocycles. The van der Waals surface area contributed by atoms with Crippen LogP contribution in [0, 0.1) is 6.92 Å². The Kier molecular flexibility index (Phi) is 8.14. The van der Waals surface area contributed by atoms with E-state index < -0.39 is 0 Å². The fraction of sp³-hybridized carbons (Fsp3) is 0.364. The zero-order valence-corrected chi connectivity index (χ0v) is 25.7. The smallest absolute Gasteiger partial charge is 0.246 e. The van der Waals surface area contributed by atoms with Crippen LogP contribution >= 0.6 is 0 Å². The van der Waals surface area contributed by atoms with Gasteiger partial charge in [-0.3, -0.25) is 9.69 Å². The summed E-state index contributed by atoms with van der Waals surface area (Å²) in [4.78, 5) is 28.5. The lowest BCUT2D eigenvalue weighted by Gasteiger charge is -2.32. The highest BCUT2D eigenvalue weighted by molar-refractivity contribution is 5.87. The van der Waals surface area contributed by atoms with Crippen molar-refractivity contribution < 1.29 is 9.53 Å². The number of piperidine rings is 1. The number of amides is 1. The maximum absolute atomic E-state index is 12.9. The highest BCUT2D eigenvalue weighted by atomic mass is 16.5. The fourth-order valence-electron chi connectivity index (χ4n) is 6.21. The number of likely N-dealkylation sites (tertiary alicyclic amines) is 1. The molecule has 0 bridgehead atoms.